The SMILES string of the molecule is O=C(/N=S(\Cc1ccccc1)C1CCCCC1)OCc1ccccc1. The Morgan fingerprint density at radius 3 is 2.16 bits per heavy atom. The van der Waals surface area contributed by atoms with Gasteiger partial charge in [0.2, 0.25) is 0 Å². The second-order valence-corrected chi connectivity index (χ2v) is 8.36. The van der Waals surface area contributed by atoms with E-state index in [2.05, 4.69) is 16.5 Å². The largest absolute Gasteiger partial charge is 0.443 e. The minimum atomic E-state index is -0.423. The highest BCUT2D eigenvalue weighted by molar-refractivity contribution is 7.87. The average molecular weight is 356 g/mol. The zero-order valence-corrected chi connectivity index (χ0v) is 15.3. The predicted molar refractivity (Wildman–Crippen MR) is 103 cm³/mol. The molecule has 1 fully saturated rings. The van der Waals surface area contributed by atoms with E-state index in [0.29, 0.717) is 5.25 Å². The number of amides is 1. The highest BCUT2D eigenvalue weighted by Crippen LogP contribution is 2.25. The summed E-state index contributed by atoms with van der Waals surface area (Å²) >= 11 is 0. The van der Waals surface area contributed by atoms with Gasteiger partial charge in [-0.25, -0.2) is 4.79 Å². The minimum absolute atomic E-state index is 0.288. The zero-order chi connectivity index (χ0) is 17.3. The zero-order valence-electron chi connectivity index (χ0n) is 14.5. The predicted octanol–water partition coefficient (Wildman–Crippen LogP) is 5.66. The van der Waals surface area contributed by atoms with E-state index in [1.807, 2.05) is 48.5 Å². The van der Waals surface area contributed by atoms with Crippen LogP contribution in [-0.4, -0.2) is 11.3 Å². The molecule has 3 rings (SSSR count). The van der Waals surface area contributed by atoms with Crippen molar-refractivity contribution in [3.05, 3.63) is 71.8 Å². The Bertz CT molecular complexity index is 694. The minimum Gasteiger partial charge on any atom is -0.443 e. The first-order chi connectivity index (χ1) is 12.3. The molecule has 2 aromatic rings. The van der Waals surface area contributed by atoms with Gasteiger partial charge in [-0.05, 0) is 24.0 Å². The van der Waals surface area contributed by atoms with E-state index in [0.717, 1.165) is 11.3 Å². The van der Waals surface area contributed by atoms with Crippen LogP contribution in [-0.2, 0) is 27.8 Å². The summed E-state index contributed by atoms with van der Waals surface area (Å²) in [5, 5.41) is 0.512. The van der Waals surface area contributed by atoms with Gasteiger partial charge in [-0.1, -0.05) is 90.6 Å². The average Bonchev–Trinajstić information content (AvgIpc) is 2.68. The first-order valence-corrected chi connectivity index (χ1v) is 10.4. The first kappa shape index (κ1) is 17.9. The fourth-order valence-electron chi connectivity index (χ4n) is 3.15. The Labute approximate surface area is 152 Å². The quantitative estimate of drug-likeness (QED) is 0.694. The summed E-state index contributed by atoms with van der Waals surface area (Å²) in [6.07, 6.45) is 5.72. The molecule has 0 aromatic heterocycles. The van der Waals surface area contributed by atoms with Crippen LogP contribution < -0.4 is 0 Å². The van der Waals surface area contributed by atoms with Crippen molar-refractivity contribution in [2.45, 2.75) is 49.7 Å². The van der Waals surface area contributed by atoms with Gasteiger partial charge in [0, 0.05) is 11.0 Å². The molecule has 0 saturated heterocycles. The topological polar surface area (TPSA) is 38.7 Å². The molecule has 132 valence electrons. The lowest BCUT2D eigenvalue weighted by Crippen LogP contribution is -2.21. The summed E-state index contributed by atoms with van der Waals surface area (Å²) in [6.45, 7) is 0.288. The summed E-state index contributed by atoms with van der Waals surface area (Å²) in [6, 6.07) is 20.1. The molecular formula is C21H25NO2S. The lowest BCUT2D eigenvalue weighted by atomic mass is 10.0. The number of benzene rings is 2. The fraction of sp³-hybridized carbons (Fsp3) is 0.381. The Balaban J connectivity index is 1.68. The maximum atomic E-state index is 12.3. The third kappa shape index (κ3) is 5.82. The molecule has 1 saturated carbocycles. The normalized spacial score (nSPS) is 16.5. The van der Waals surface area contributed by atoms with Crippen LogP contribution in [0.2, 0.25) is 0 Å². The van der Waals surface area contributed by atoms with Crippen LogP contribution in [0.4, 0.5) is 4.79 Å². The van der Waals surface area contributed by atoms with E-state index in [-0.39, 0.29) is 17.3 Å². The van der Waals surface area contributed by atoms with Crippen LogP contribution in [0.25, 0.3) is 0 Å². The molecule has 2 aromatic carbocycles. The van der Waals surface area contributed by atoms with E-state index in [1.165, 1.54) is 37.7 Å². The Kier molecular flexibility index (Phi) is 6.80. The number of nitrogens with zero attached hydrogens (tertiary/aromatic N) is 1. The van der Waals surface area contributed by atoms with Crippen LogP contribution in [0.5, 0.6) is 0 Å². The lowest BCUT2D eigenvalue weighted by molar-refractivity contribution is 0.151. The molecule has 4 heteroatoms. The summed E-state index contributed by atoms with van der Waals surface area (Å²) < 4.78 is 9.87. The van der Waals surface area contributed by atoms with E-state index >= 15 is 0 Å². The highest BCUT2D eigenvalue weighted by Gasteiger charge is 2.20. The van der Waals surface area contributed by atoms with Crippen LogP contribution in [0.15, 0.2) is 65.0 Å². The van der Waals surface area contributed by atoms with Crippen molar-refractivity contribution >= 4 is 16.8 Å². The van der Waals surface area contributed by atoms with Crippen LogP contribution in [0, 0.1) is 0 Å². The molecule has 0 spiro atoms. The van der Waals surface area contributed by atoms with E-state index in [1.54, 1.807) is 0 Å². The van der Waals surface area contributed by atoms with Gasteiger partial charge in [0.1, 0.15) is 6.61 Å². The number of ether oxygens (including phenoxy) is 1. The number of hydrogen-bond acceptors (Lipinski definition) is 2. The van der Waals surface area contributed by atoms with Gasteiger partial charge >= 0.3 is 6.09 Å². The van der Waals surface area contributed by atoms with Gasteiger partial charge in [-0.3, -0.25) is 0 Å². The van der Waals surface area contributed by atoms with Crippen molar-refractivity contribution < 1.29 is 9.53 Å². The summed E-state index contributed by atoms with van der Waals surface area (Å²) in [5.74, 6) is 0.839. The van der Waals surface area contributed by atoms with Crippen LogP contribution in [0.1, 0.15) is 43.2 Å². The molecule has 0 aliphatic heterocycles. The molecule has 0 N–H and O–H groups in total. The van der Waals surface area contributed by atoms with Crippen molar-refractivity contribution in [2.24, 2.45) is 4.36 Å². The van der Waals surface area contributed by atoms with Crippen molar-refractivity contribution in [3.63, 3.8) is 0 Å². The molecule has 1 unspecified atom stereocenters. The number of carbonyl (C=O) groups excluding carboxylic acids is 1. The molecule has 0 radical (unpaired) electrons. The maximum absolute atomic E-state index is 12.3. The van der Waals surface area contributed by atoms with E-state index in [4.69, 9.17) is 4.74 Å². The second-order valence-electron chi connectivity index (χ2n) is 6.42. The summed E-state index contributed by atoms with van der Waals surface area (Å²) in [4.78, 5) is 12.3. The number of carbonyl (C=O) groups is 1. The molecule has 3 nitrogen and oxygen atoms in total. The van der Waals surface area contributed by atoms with Crippen molar-refractivity contribution in [1.29, 1.82) is 0 Å². The number of rotatable bonds is 5. The summed E-state index contributed by atoms with van der Waals surface area (Å²) in [5.41, 5.74) is 2.24. The molecule has 25 heavy (non-hydrogen) atoms. The summed E-state index contributed by atoms with van der Waals surface area (Å²) in [7, 11) is -0.299. The molecule has 1 atom stereocenters. The Morgan fingerprint density at radius 1 is 0.920 bits per heavy atom. The van der Waals surface area contributed by atoms with Gasteiger partial charge in [0.25, 0.3) is 0 Å². The van der Waals surface area contributed by atoms with Crippen molar-refractivity contribution in [3.8, 4) is 0 Å². The molecule has 0 heterocycles. The lowest BCUT2D eigenvalue weighted by Gasteiger charge is -2.24. The molecule has 0 bridgehead atoms. The van der Waals surface area contributed by atoms with Gasteiger partial charge < -0.3 is 4.74 Å². The third-order valence-corrected chi connectivity index (χ3v) is 6.74. The van der Waals surface area contributed by atoms with Gasteiger partial charge in [0.05, 0.1) is 0 Å². The van der Waals surface area contributed by atoms with Gasteiger partial charge in [-0.2, -0.15) is 4.36 Å². The van der Waals surface area contributed by atoms with Crippen LogP contribution in [0.3, 0.4) is 0 Å². The third-order valence-electron chi connectivity index (χ3n) is 4.49. The van der Waals surface area contributed by atoms with Crippen molar-refractivity contribution in [2.75, 3.05) is 0 Å². The van der Waals surface area contributed by atoms with Crippen molar-refractivity contribution in [1.82, 2.24) is 0 Å². The fourth-order valence-corrected chi connectivity index (χ4v) is 5.25. The molecule has 1 aliphatic carbocycles. The first-order valence-electron chi connectivity index (χ1n) is 8.97. The second kappa shape index (κ2) is 9.52. The van der Waals surface area contributed by atoms with Gasteiger partial charge in [-0.15, -0.1) is 0 Å². The smallest absolute Gasteiger partial charge is 0.440 e. The maximum Gasteiger partial charge on any atom is 0.440 e. The van der Waals surface area contributed by atoms with E-state index < -0.39 is 6.09 Å². The number of hydrogen-bond donors (Lipinski definition) is 0. The standard InChI is InChI=1S/C21H25NO2S/c23-21(24-16-18-10-4-1-5-11-18)22-25(20-14-8-3-9-15-20)17-19-12-6-2-7-13-19/h1-2,4-7,10-13,20H,3,8-9,14-17H2. The van der Waals surface area contributed by atoms with E-state index in [9.17, 15) is 4.79 Å². The molecular weight excluding hydrogens is 330 g/mol. The Morgan fingerprint density at radius 2 is 1.52 bits per heavy atom. The van der Waals surface area contributed by atoms with Gasteiger partial charge in [0.15, 0.2) is 0 Å². The molecule has 1 amide bonds. The monoisotopic (exact) mass is 355 g/mol. The molecule has 1 aliphatic rings. The Hall–Kier alpha value is -1.94. The van der Waals surface area contributed by atoms with Crippen LogP contribution >= 0.6 is 0 Å². The highest BCUT2D eigenvalue weighted by atomic mass is 32.2.